The van der Waals surface area contributed by atoms with E-state index in [1.54, 1.807) is 17.8 Å². The van der Waals surface area contributed by atoms with E-state index in [1.807, 2.05) is 6.92 Å². The standard InChI is InChI=1S/C11H13ClF2S/c1-8(5-12)6-15-7-9-3-2-4-10(13)11(9)14/h2-4,8H,5-7H2,1H3. The van der Waals surface area contributed by atoms with Crippen LogP contribution in [0.5, 0.6) is 0 Å². The zero-order valence-electron chi connectivity index (χ0n) is 8.47. The van der Waals surface area contributed by atoms with Crippen molar-refractivity contribution in [2.75, 3.05) is 11.6 Å². The Kier molecular flexibility index (Phi) is 5.40. The van der Waals surface area contributed by atoms with Gasteiger partial charge < -0.3 is 0 Å². The first-order chi connectivity index (χ1) is 7.15. The molecule has 1 rings (SSSR count). The number of halogens is 3. The van der Waals surface area contributed by atoms with Crippen LogP contribution in [-0.2, 0) is 5.75 Å². The van der Waals surface area contributed by atoms with Crippen LogP contribution in [-0.4, -0.2) is 11.6 Å². The highest BCUT2D eigenvalue weighted by Gasteiger charge is 2.08. The molecule has 0 aromatic heterocycles. The Bertz CT molecular complexity index is 317. The lowest BCUT2D eigenvalue weighted by molar-refractivity contribution is 0.502. The number of hydrogen-bond acceptors (Lipinski definition) is 1. The van der Waals surface area contributed by atoms with E-state index in [0.29, 0.717) is 23.1 Å². The maximum absolute atomic E-state index is 13.2. The summed E-state index contributed by atoms with van der Waals surface area (Å²) < 4.78 is 26.0. The molecule has 0 aliphatic carbocycles. The van der Waals surface area contributed by atoms with E-state index in [-0.39, 0.29) is 0 Å². The van der Waals surface area contributed by atoms with Crippen molar-refractivity contribution in [2.45, 2.75) is 12.7 Å². The summed E-state index contributed by atoms with van der Waals surface area (Å²) in [6.07, 6.45) is 0. The summed E-state index contributed by atoms with van der Waals surface area (Å²) in [6.45, 7) is 2.03. The topological polar surface area (TPSA) is 0 Å². The van der Waals surface area contributed by atoms with Gasteiger partial charge in [0.15, 0.2) is 11.6 Å². The van der Waals surface area contributed by atoms with Crippen molar-refractivity contribution in [1.29, 1.82) is 0 Å². The van der Waals surface area contributed by atoms with Crippen LogP contribution < -0.4 is 0 Å². The highest BCUT2D eigenvalue weighted by Crippen LogP contribution is 2.19. The predicted molar refractivity (Wildman–Crippen MR) is 62.4 cm³/mol. The van der Waals surface area contributed by atoms with Crippen molar-refractivity contribution >= 4 is 23.4 Å². The van der Waals surface area contributed by atoms with E-state index < -0.39 is 11.6 Å². The van der Waals surface area contributed by atoms with Crippen molar-refractivity contribution in [1.82, 2.24) is 0 Å². The summed E-state index contributed by atoms with van der Waals surface area (Å²) in [5.74, 6) is 0.832. The molecular formula is C11H13ClF2S. The Morgan fingerprint density at radius 3 is 2.80 bits per heavy atom. The van der Waals surface area contributed by atoms with Crippen LogP contribution in [0.3, 0.4) is 0 Å². The first-order valence-corrected chi connectivity index (χ1v) is 6.40. The lowest BCUT2D eigenvalue weighted by atomic mass is 10.2. The molecule has 0 fully saturated rings. The maximum atomic E-state index is 13.2. The summed E-state index contributed by atoms with van der Waals surface area (Å²) in [4.78, 5) is 0. The summed E-state index contributed by atoms with van der Waals surface area (Å²) in [5.41, 5.74) is 0.418. The third kappa shape index (κ3) is 3.99. The first kappa shape index (κ1) is 12.8. The molecule has 1 aromatic rings. The van der Waals surface area contributed by atoms with Gasteiger partial charge in [0.1, 0.15) is 0 Å². The van der Waals surface area contributed by atoms with Gasteiger partial charge in [0, 0.05) is 17.2 Å². The minimum Gasteiger partial charge on any atom is -0.204 e. The van der Waals surface area contributed by atoms with Gasteiger partial charge in [-0.15, -0.1) is 11.6 Å². The highest BCUT2D eigenvalue weighted by molar-refractivity contribution is 7.98. The number of benzene rings is 1. The number of thioether (sulfide) groups is 1. The molecule has 0 aliphatic heterocycles. The Morgan fingerprint density at radius 1 is 1.40 bits per heavy atom. The number of alkyl halides is 1. The molecule has 0 spiro atoms. The van der Waals surface area contributed by atoms with Crippen LogP contribution in [0.25, 0.3) is 0 Å². The molecule has 1 unspecified atom stereocenters. The normalized spacial score (nSPS) is 12.8. The predicted octanol–water partition coefficient (Wildman–Crippen LogP) is 4.07. The van der Waals surface area contributed by atoms with Gasteiger partial charge in [-0.3, -0.25) is 0 Å². The molecule has 0 aliphatic rings. The van der Waals surface area contributed by atoms with E-state index >= 15 is 0 Å². The second-order valence-electron chi connectivity index (χ2n) is 3.49. The second kappa shape index (κ2) is 6.33. The fourth-order valence-electron chi connectivity index (χ4n) is 1.07. The average molecular weight is 251 g/mol. The van der Waals surface area contributed by atoms with Crippen LogP contribution in [0.1, 0.15) is 12.5 Å². The zero-order valence-corrected chi connectivity index (χ0v) is 10.0. The second-order valence-corrected chi connectivity index (χ2v) is 4.83. The van der Waals surface area contributed by atoms with Gasteiger partial charge in [-0.25, -0.2) is 8.78 Å². The molecule has 0 saturated carbocycles. The molecule has 4 heteroatoms. The molecule has 15 heavy (non-hydrogen) atoms. The molecular weight excluding hydrogens is 238 g/mol. The van der Waals surface area contributed by atoms with Crippen molar-refractivity contribution in [3.8, 4) is 0 Å². The van der Waals surface area contributed by atoms with Crippen molar-refractivity contribution in [2.24, 2.45) is 5.92 Å². The molecule has 0 heterocycles. The van der Waals surface area contributed by atoms with E-state index in [9.17, 15) is 8.78 Å². The Balaban J connectivity index is 2.47. The minimum absolute atomic E-state index is 0.397. The summed E-state index contributed by atoms with van der Waals surface area (Å²) >= 11 is 7.21. The molecule has 84 valence electrons. The summed E-state index contributed by atoms with van der Waals surface area (Å²) in [7, 11) is 0. The Morgan fingerprint density at radius 2 is 2.13 bits per heavy atom. The molecule has 0 saturated heterocycles. The average Bonchev–Trinajstić information content (AvgIpc) is 2.24. The quantitative estimate of drug-likeness (QED) is 0.710. The smallest absolute Gasteiger partial charge is 0.162 e. The van der Waals surface area contributed by atoms with Crippen molar-refractivity contribution < 1.29 is 8.78 Å². The molecule has 0 nitrogen and oxygen atoms in total. The lowest BCUT2D eigenvalue weighted by Crippen LogP contribution is -2.00. The van der Waals surface area contributed by atoms with Crippen molar-refractivity contribution in [3.05, 3.63) is 35.4 Å². The van der Waals surface area contributed by atoms with Gasteiger partial charge in [-0.1, -0.05) is 19.1 Å². The molecule has 0 amide bonds. The minimum atomic E-state index is -0.779. The summed E-state index contributed by atoms with van der Waals surface area (Å²) in [5, 5.41) is 0. The van der Waals surface area contributed by atoms with Crippen LogP contribution in [0.2, 0.25) is 0 Å². The largest absolute Gasteiger partial charge is 0.204 e. The SMILES string of the molecule is CC(CCl)CSCc1cccc(F)c1F. The Hall–Kier alpha value is -0.280. The van der Waals surface area contributed by atoms with E-state index in [4.69, 9.17) is 11.6 Å². The number of rotatable bonds is 5. The lowest BCUT2D eigenvalue weighted by Gasteiger charge is -2.07. The van der Waals surface area contributed by atoms with Crippen LogP contribution in [0, 0.1) is 17.6 Å². The van der Waals surface area contributed by atoms with Gasteiger partial charge in [0.05, 0.1) is 0 Å². The third-order valence-corrected chi connectivity index (χ3v) is 3.80. The molecule has 1 atom stereocenters. The van der Waals surface area contributed by atoms with Gasteiger partial charge >= 0.3 is 0 Å². The molecule has 0 radical (unpaired) electrons. The van der Waals surface area contributed by atoms with Gasteiger partial charge in [0.25, 0.3) is 0 Å². The molecule has 1 aromatic carbocycles. The first-order valence-electron chi connectivity index (χ1n) is 4.71. The fraction of sp³-hybridized carbons (Fsp3) is 0.455. The fourth-order valence-corrected chi connectivity index (χ4v) is 2.39. The number of hydrogen-bond donors (Lipinski definition) is 0. The third-order valence-electron chi connectivity index (χ3n) is 1.95. The van der Waals surface area contributed by atoms with Crippen LogP contribution >= 0.6 is 23.4 Å². The van der Waals surface area contributed by atoms with Crippen molar-refractivity contribution in [3.63, 3.8) is 0 Å². The highest BCUT2D eigenvalue weighted by atomic mass is 35.5. The monoisotopic (exact) mass is 250 g/mol. The zero-order chi connectivity index (χ0) is 11.3. The van der Waals surface area contributed by atoms with E-state index in [0.717, 1.165) is 11.8 Å². The summed E-state index contributed by atoms with van der Waals surface area (Å²) in [6, 6.07) is 4.26. The molecule has 0 bridgehead atoms. The van der Waals surface area contributed by atoms with E-state index in [2.05, 4.69) is 0 Å². The molecule has 0 N–H and O–H groups in total. The van der Waals surface area contributed by atoms with Gasteiger partial charge in [-0.05, 0) is 17.7 Å². The van der Waals surface area contributed by atoms with E-state index in [1.165, 1.54) is 6.07 Å². The Labute approximate surface area is 98.0 Å². The van der Waals surface area contributed by atoms with Crippen LogP contribution in [0.15, 0.2) is 18.2 Å². The van der Waals surface area contributed by atoms with Gasteiger partial charge in [0.2, 0.25) is 0 Å². The maximum Gasteiger partial charge on any atom is 0.162 e. The van der Waals surface area contributed by atoms with Crippen LogP contribution in [0.4, 0.5) is 8.78 Å². The van der Waals surface area contributed by atoms with Gasteiger partial charge in [-0.2, -0.15) is 11.8 Å².